The number of carbonyl (C=O) groups excluding carboxylic acids is 6. The Labute approximate surface area is 427 Å². The van der Waals surface area contributed by atoms with Gasteiger partial charge < -0.3 is 28.5 Å². The maximum absolute atomic E-state index is 13.6. The number of fused-ring (bicyclic) bond motifs is 10. The molecule has 376 valence electrons. The third-order valence-electron chi connectivity index (χ3n) is 19.4. The van der Waals surface area contributed by atoms with E-state index in [1.807, 2.05) is 53.7 Å². The van der Waals surface area contributed by atoms with Crippen LogP contribution in [-0.4, -0.2) is 90.2 Å². The van der Waals surface area contributed by atoms with Crippen LogP contribution in [0.1, 0.15) is 114 Å². The topological polar surface area (TPSA) is 188 Å². The summed E-state index contributed by atoms with van der Waals surface area (Å²) >= 11 is 27.2. The number of esters is 2. The van der Waals surface area contributed by atoms with Gasteiger partial charge in [0.2, 0.25) is 11.5 Å². The molecule has 16 atom stereocenters. The third kappa shape index (κ3) is 6.67. The number of ketones is 4. The Morgan fingerprint density at radius 1 is 0.643 bits per heavy atom. The summed E-state index contributed by atoms with van der Waals surface area (Å²) in [4.78, 5) is 75.4. The van der Waals surface area contributed by atoms with Gasteiger partial charge in [0.05, 0.1) is 46.2 Å². The molecule has 8 aliphatic rings. The first-order valence-corrected chi connectivity index (χ1v) is 26.1. The molecule has 0 radical (unpaired) electrons. The summed E-state index contributed by atoms with van der Waals surface area (Å²) in [7, 11) is 0. The number of rotatable bonds is 8. The van der Waals surface area contributed by atoms with Crippen molar-refractivity contribution in [2.45, 2.75) is 126 Å². The Kier molecular flexibility index (Phi) is 12.7. The first-order valence-electron chi connectivity index (χ1n) is 24.3. The first kappa shape index (κ1) is 51.1. The van der Waals surface area contributed by atoms with Gasteiger partial charge in [-0.15, -0.1) is 46.4 Å². The zero-order valence-electron chi connectivity index (χ0n) is 40.1. The van der Waals surface area contributed by atoms with E-state index in [-0.39, 0.29) is 94.8 Å². The molecule has 0 bridgehead atoms. The van der Waals surface area contributed by atoms with Crippen molar-refractivity contribution in [1.82, 2.24) is 0 Å². The van der Waals surface area contributed by atoms with E-state index in [2.05, 4.69) is 0 Å². The van der Waals surface area contributed by atoms with Gasteiger partial charge in [-0.2, -0.15) is 0 Å². The number of aliphatic hydroxyl groups excluding tert-OH is 2. The monoisotopic (exact) mass is 1040 g/mol. The fraction of sp³-hybridized carbons (Fsp3) is 0.593. The Morgan fingerprint density at radius 2 is 1.01 bits per heavy atom. The highest BCUT2D eigenvalue weighted by molar-refractivity contribution is 6.30. The van der Waals surface area contributed by atoms with Crippen molar-refractivity contribution in [2.24, 2.45) is 57.2 Å². The molecule has 70 heavy (non-hydrogen) atoms. The van der Waals surface area contributed by atoms with Gasteiger partial charge in [-0.05, 0) is 124 Å². The molecule has 10 rings (SSSR count). The van der Waals surface area contributed by atoms with Gasteiger partial charge in [0.25, 0.3) is 0 Å². The molecule has 2 aromatic heterocycles. The molecule has 6 saturated carbocycles. The van der Waals surface area contributed by atoms with E-state index in [0.717, 1.165) is 11.1 Å². The molecule has 16 heteroatoms. The van der Waals surface area contributed by atoms with E-state index in [1.165, 1.54) is 36.8 Å². The number of hydrogen-bond donors (Lipinski definition) is 2. The second kappa shape index (κ2) is 17.4. The maximum Gasteiger partial charge on any atom is 0.375 e. The standard InChI is InChI=1S/2C27H30Cl2O6/c2*1-15-11-19-18-7-6-16-12-17(30)8-9-24(16,2)26(18,29)21(31)13-25(19,3)27(15,22(32)14-28)35-23(33)20-5-4-10-34-20/h2*4-5,8-10,12,15,18-19,21,31H,6-7,11,13-14H2,1-3H3/t2*15-,18+,19+,21+,24+,25+,26+,27+/m11/s1. The van der Waals surface area contributed by atoms with Gasteiger partial charge >= 0.3 is 11.9 Å². The number of Topliss-reactive ketones (excluding diaryl/α,β-unsaturated/α-hetero) is 2. The lowest BCUT2D eigenvalue weighted by molar-refractivity contribution is -0.177. The van der Waals surface area contributed by atoms with Crippen molar-refractivity contribution in [3.63, 3.8) is 0 Å². The second-order valence-electron chi connectivity index (χ2n) is 22.1. The molecular weight excluding hydrogens is 982 g/mol. The average Bonchev–Trinajstić information content (AvgIpc) is 4.14. The summed E-state index contributed by atoms with van der Waals surface area (Å²) in [6.07, 6.45) is 14.9. The minimum Gasteiger partial charge on any atom is -0.457 e. The Balaban J connectivity index is 0.000000174. The van der Waals surface area contributed by atoms with Crippen LogP contribution in [0.25, 0.3) is 0 Å². The fourth-order valence-corrected chi connectivity index (χ4v) is 17.6. The summed E-state index contributed by atoms with van der Waals surface area (Å²) in [6, 6.07) is 6.15. The molecule has 2 N–H and O–H groups in total. The first-order chi connectivity index (χ1) is 32.9. The van der Waals surface area contributed by atoms with E-state index in [9.17, 15) is 39.0 Å². The predicted octanol–water partition coefficient (Wildman–Crippen LogP) is 9.74. The number of ether oxygens (including phenoxy) is 2. The van der Waals surface area contributed by atoms with Gasteiger partial charge in [-0.25, -0.2) is 9.59 Å². The van der Waals surface area contributed by atoms with Gasteiger partial charge in [-0.1, -0.05) is 64.8 Å². The molecule has 0 saturated heterocycles. The second-order valence-corrected chi connectivity index (χ2v) is 23.9. The summed E-state index contributed by atoms with van der Waals surface area (Å²) in [5, 5.41) is 23.5. The molecule has 2 aromatic rings. The number of aliphatic hydroxyl groups is 2. The van der Waals surface area contributed by atoms with Crippen LogP contribution < -0.4 is 0 Å². The van der Waals surface area contributed by atoms with E-state index in [0.29, 0.717) is 38.5 Å². The van der Waals surface area contributed by atoms with Crippen LogP contribution in [0.4, 0.5) is 0 Å². The summed E-state index contributed by atoms with van der Waals surface area (Å²) in [5.74, 6) is -4.24. The fourth-order valence-electron chi connectivity index (χ4n) is 16.2. The van der Waals surface area contributed by atoms with E-state index in [1.54, 1.807) is 24.3 Å². The van der Waals surface area contributed by atoms with Crippen molar-refractivity contribution in [2.75, 3.05) is 11.8 Å². The predicted molar refractivity (Wildman–Crippen MR) is 260 cm³/mol. The minimum absolute atomic E-state index is 0.00557. The lowest BCUT2D eigenvalue weighted by Crippen LogP contribution is -2.69. The Morgan fingerprint density at radius 3 is 1.34 bits per heavy atom. The summed E-state index contributed by atoms with van der Waals surface area (Å²) in [5.41, 5.74) is -4.40. The van der Waals surface area contributed by atoms with Crippen LogP contribution in [0, 0.1) is 57.2 Å². The summed E-state index contributed by atoms with van der Waals surface area (Å²) < 4.78 is 22.7. The Hall–Kier alpha value is -3.78. The molecular formula is C54H60Cl4O12. The van der Waals surface area contributed by atoms with Gasteiger partial charge in [0, 0.05) is 33.5 Å². The number of furan rings is 2. The number of hydrogen-bond acceptors (Lipinski definition) is 12. The highest BCUT2D eigenvalue weighted by atomic mass is 35.5. The van der Waals surface area contributed by atoms with E-state index in [4.69, 9.17) is 64.7 Å². The van der Waals surface area contributed by atoms with Crippen molar-refractivity contribution in [1.29, 1.82) is 0 Å². The zero-order valence-corrected chi connectivity index (χ0v) is 43.1. The molecule has 0 spiro atoms. The average molecular weight is 1040 g/mol. The van der Waals surface area contributed by atoms with Crippen molar-refractivity contribution >= 4 is 81.5 Å². The molecule has 6 fully saturated rings. The SMILES string of the molecule is C[C@@H]1C[C@H]2[C@@H]3CCC4=CC(=O)C=C[C@]4(C)[C@@]3(Cl)[C@@H](O)C[C@]2(C)[C@@]1(OC(=O)c1ccco1)C(=O)CCl.C[C@@H]1C[C@H]2[C@@H]3CCC4=CC(=O)C=C[C@]4(C)[C@@]3(Cl)[C@@H](O)C[C@]2(C)[C@@]1(OC(=O)c1ccco1)C(=O)CCl. The maximum atomic E-state index is 13.6. The number of allylic oxidation sites excluding steroid dienone is 8. The van der Waals surface area contributed by atoms with Crippen LogP contribution in [-0.2, 0) is 28.7 Å². The van der Waals surface area contributed by atoms with Crippen LogP contribution in [0.5, 0.6) is 0 Å². The van der Waals surface area contributed by atoms with Crippen molar-refractivity contribution in [3.05, 3.63) is 95.9 Å². The van der Waals surface area contributed by atoms with Crippen molar-refractivity contribution < 1.29 is 57.3 Å². The highest BCUT2D eigenvalue weighted by Gasteiger charge is 2.78. The molecule has 2 heterocycles. The molecule has 0 amide bonds. The van der Waals surface area contributed by atoms with Crippen LogP contribution in [0.3, 0.4) is 0 Å². The molecule has 0 aromatic carbocycles. The smallest absolute Gasteiger partial charge is 0.375 e. The van der Waals surface area contributed by atoms with Crippen molar-refractivity contribution in [3.8, 4) is 0 Å². The van der Waals surface area contributed by atoms with Crippen LogP contribution in [0.15, 0.2) is 93.2 Å². The molecule has 0 aliphatic heterocycles. The number of halogens is 4. The zero-order chi connectivity index (χ0) is 50.8. The normalized spacial score (nSPS) is 44.2. The van der Waals surface area contributed by atoms with Gasteiger partial charge in [-0.3, -0.25) is 19.2 Å². The van der Waals surface area contributed by atoms with Crippen LogP contribution in [0.2, 0.25) is 0 Å². The lowest BCUT2D eigenvalue weighted by Gasteiger charge is -2.64. The molecule has 12 nitrogen and oxygen atoms in total. The Bertz CT molecular complexity index is 2460. The molecule has 0 unspecified atom stereocenters. The van der Waals surface area contributed by atoms with Gasteiger partial charge in [0.1, 0.15) is 0 Å². The van der Waals surface area contributed by atoms with Crippen LogP contribution >= 0.6 is 46.4 Å². The molecule has 8 aliphatic carbocycles. The van der Waals surface area contributed by atoms with Gasteiger partial charge in [0.15, 0.2) is 34.3 Å². The highest BCUT2D eigenvalue weighted by Crippen LogP contribution is 2.74. The number of carbonyl (C=O) groups is 6. The lowest BCUT2D eigenvalue weighted by atomic mass is 9.45. The minimum atomic E-state index is -1.53. The van der Waals surface area contributed by atoms with E-state index >= 15 is 0 Å². The largest absolute Gasteiger partial charge is 0.457 e. The summed E-state index contributed by atoms with van der Waals surface area (Å²) in [6.45, 7) is 11.6. The quantitative estimate of drug-likeness (QED) is 0.189. The third-order valence-corrected chi connectivity index (χ3v) is 21.7. The van der Waals surface area contributed by atoms with E-state index < -0.39 is 66.8 Å². The number of alkyl halides is 4.